The van der Waals surface area contributed by atoms with Crippen LogP contribution in [0, 0.1) is 0 Å². The van der Waals surface area contributed by atoms with Crippen LogP contribution in [0.3, 0.4) is 0 Å². The van der Waals surface area contributed by atoms with E-state index in [2.05, 4.69) is 21.0 Å². The van der Waals surface area contributed by atoms with Gasteiger partial charge in [-0.05, 0) is 40.9 Å². The van der Waals surface area contributed by atoms with E-state index in [9.17, 15) is 4.79 Å². The van der Waals surface area contributed by atoms with Crippen LogP contribution in [0.4, 0.5) is 0 Å². The van der Waals surface area contributed by atoms with Crippen LogP contribution in [0.5, 0.6) is 5.75 Å². The maximum atomic E-state index is 12.4. The molecule has 106 valence electrons. The normalized spacial score (nSPS) is 15.7. The second kappa shape index (κ2) is 5.48. The van der Waals surface area contributed by atoms with E-state index in [4.69, 9.17) is 4.74 Å². The lowest BCUT2D eigenvalue weighted by Gasteiger charge is -2.09. The highest BCUT2D eigenvalue weighted by Crippen LogP contribution is 2.36. The number of H-pyrrole nitrogens is 1. The van der Waals surface area contributed by atoms with Gasteiger partial charge < -0.3 is 4.74 Å². The molecule has 3 rings (SSSR count). The van der Waals surface area contributed by atoms with Crippen molar-refractivity contribution < 1.29 is 4.74 Å². The van der Waals surface area contributed by atoms with Crippen molar-refractivity contribution in [3.8, 4) is 11.4 Å². The van der Waals surface area contributed by atoms with Gasteiger partial charge in [-0.15, -0.1) is 0 Å². The zero-order valence-electron chi connectivity index (χ0n) is 11.4. The van der Waals surface area contributed by atoms with Gasteiger partial charge in [0.1, 0.15) is 15.9 Å². The predicted molar refractivity (Wildman–Crippen MR) is 81.9 cm³/mol. The second-order valence-electron chi connectivity index (χ2n) is 5.13. The molecular formula is C15H17BrN2O2. The first-order chi connectivity index (χ1) is 9.72. The largest absolute Gasteiger partial charge is 0.494 e. The molecule has 1 fully saturated rings. The lowest BCUT2D eigenvalue weighted by atomic mass is 10.1. The molecule has 1 N–H and O–H groups in total. The van der Waals surface area contributed by atoms with E-state index in [1.807, 2.05) is 24.3 Å². The smallest absolute Gasteiger partial charge is 0.285 e. The molecule has 0 bridgehead atoms. The lowest BCUT2D eigenvalue weighted by Crippen LogP contribution is -2.15. The molecule has 5 heteroatoms. The van der Waals surface area contributed by atoms with Crippen molar-refractivity contribution in [1.29, 1.82) is 0 Å². The molecule has 0 spiro atoms. The Morgan fingerprint density at radius 1 is 1.30 bits per heavy atom. The summed E-state index contributed by atoms with van der Waals surface area (Å²) in [6, 6.07) is 7.52. The number of methoxy groups -OCH3 is 1. The highest BCUT2D eigenvalue weighted by molar-refractivity contribution is 9.10. The van der Waals surface area contributed by atoms with Crippen LogP contribution >= 0.6 is 15.9 Å². The maximum Gasteiger partial charge on any atom is 0.285 e. The van der Waals surface area contributed by atoms with Gasteiger partial charge in [-0.1, -0.05) is 25.0 Å². The Hall–Kier alpha value is -1.49. The van der Waals surface area contributed by atoms with E-state index in [1.54, 1.807) is 11.8 Å². The number of hydrogen-bond acceptors (Lipinski definition) is 2. The summed E-state index contributed by atoms with van der Waals surface area (Å²) in [6.07, 6.45) is 4.76. The molecule has 1 heterocycles. The third-order valence-corrected chi connectivity index (χ3v) is 4.72. The van der Waals surface area contributed by atoms with E-state index in [1.165, 1.54) is 12.8 Å². The highest BCUT2D eigenvalue weighted by Gasteiger charge is 2.24. The first-order valence-electron chi connectivity index (χ1n) is 6.86. The minimum atomic E-state index is -0.0589. The molecule has 0 atom stereocenters. The van der Waals surface area contributed by atoms with Crippen LogP contribution in [0.25, 0.3) is 5.69 Å². The average Bonchev–Trinajstić information content (AvgIpc) is 3.09. The fraction of sp³-hybridized carbons (Fsp3) is 0.400. The van der Waals surface area contributed by atoms with Gasteiger partial charge >= 0.3 is 0 Å². The first kappa shape index (κ1) is 13.5. The fourth-order valence-corrected chi connectivity index (χ4v) is 3.49. The minimum Gasteiger partial charge on any atom is -0.494 e. The van der Waals surface area contributed by atoms with Crippen molar-refractivity contribution in [1.82, 2.24) is 9.78 Å². The van der Waals surface area contributed by atoms with Gasteiger partial charge in [0, 0.05) is 5.92 Å². The summed E-state index contributed by atoms with van der Waals surface area (Å²) < 4.78 is 7.55. The van der Waals surface area contributed by atoms with Crippen molar-refractivity contribution in [2.75, 3.05) is 7.11 Å². The van der Waals surface area contributed by atoms with E-state index < -0.39 is 0 Å². The van der Waals surface area contributed by atoms with Gasteiger partial charge in [0.05, 0.1) is 12.8 Å². The number of hydrogen-bond donors (Lipinski definition) is 1. The van der Waals surface area contributed by atoms with Crippen molar-refractivity contribution in [3.05, 3.63) is 44.8 Å². The Morgan fingerprint density at radius 3 is 2.70 bits per heavy atom. The predicted octanol–water partition coefficient (Wildman–Crippen LogP) is 3.59. The first-order valence-corrected chi connectivity index (χ1v) is 7.65. The van der Waals surface area contributed by atoms with E-state index in [0.717, 1.165) is 24.2 Å². The van der Waals surface area contributed by atoms with Crippen LogP contribution in [0.2, 0.25) is 0 Å². The van der Waals surface area contributed by atoms with Gasteiger partial charge in [0.25, 0.3) is 5.56 Å². The second-order valence-corrected chi connectivity index (χ2v) is 5.93. The molecule has 0 saturated heterocycles. The number of para-hydroxylation sites is 2. The third kappa shape index (κ3) is 2.20. The Labute approximate surface area is 125 Å². The monoisotopic (exact) mass is 336 g/mol. The number of nitrogens with zero attached hydrogens (tertiary/aromatic N) is 1. The molecule has 1 aromatic heterocycles. The minimum absolute atomic E-state index is 0.0589. The van der Waals surface area contributed by atoms with Crippen molar-refractivity contribution in [3.63, 3.8) is 0 Å². The van der Waals surface area contributed by atoms with Crippen LogP contribution in [-0.2, 0) is 0 Å². The molecule has 1 aliphatic carbocycles. The standard InChI is InChI=1S/C15H17BrN2O2/c1-20-12-9-5-4-8-11(12)18-15(19)13(16)14(17-18)10-6-2-3-7-10/h4-5,8-10,17H,2-3,6-7H2,1H3. The summed E-state index contributed by atoms with van der Waals surface area (Å²) in [5.74, 6) is 1.13. The van der Waals surface area contributed by atoms with Gasteiger partial charge in [0.15, 0.2) is 0 Å². The number of benzene rings is 1. The molecule has 20 heavy (non-hydrogen) atoms. The Balaban J connectivity index is 2.10. The average molecular weight is 337 g/mol. The molecule has 0 unspecified atom stereocenters. The van der Waals surface area contributed by atoms with E-state index in [-0.39, 0.29) is 5.56 Å². The summed E-state index contributed by atoms with van der Waals surface area (Å²) in [5, 5.41) is 3.26. The van der Waals surface area contributed by atoms with Gasteiger partial charge in [-0.2, -0.15) is 0 Å². The van der Waals surface area contributed by atoms with Crippen molar-refractivity contribution in [2.45, 2.75) is 31.6 Å². The summed E-state index contributed by atoms with van der Waals surface area (Å²) in [6.45, 7) is 0. The molecule has 0 amide bonds. The molecule has 0 radical (unpaired) electrons. The van der Waals surface area contributed by atoms with Crippen LogP contribution < -0.4 is 10.3 Å². The molecule has 2 aromatic rings. The summed E-state index contributed by atoms with van der Waals surface area (Å²) in [4.78, 5) is 12.4. The van der Waals surface area contributed by atoms with Gasteiger partial charge in [-0.3, -0.25) is 9.89 Å². The Kier molecular flexibility index (Phi) is 3.70. The number of halogens is 1. The quantitative estimate of drug-likeness (QED) is 0.930. The van der Waals surface area contributed by atoms with Gasteiger partial charge in [0.2, 0.25) is 0 Å². The van der Waals surface area contributed by atoms with Crippen LogP contribution in [0.15, 0.2) is 33.5 Å². The van der Waals surface area contributed by atoms with E-state index in [0.29, 0.717) is 16.1 Å². The number of rotatable bonds is 3. The lowest BCUT2D eigenvalue weighted by molar-refractivity contribution is 0.411. The number of aromatic nitrogens is 2. The third-order valence-electron chi connectivity index (χ3n) is 3.95. The highest BCUT2D eigenvalue weighted by atomic mass is 79.9. The number of ether oxygens (including phenoxy) is 1. The Bertz CT molecular complexity index is 669. The zero-order chi connectivity index (χ0) is 14.1. The van der Waals surface area contributed by atoms with Crippen LogP contribution in [0.1, 0.15) is 37.3 Å². The Morgan fingerprint density at radius 2 is 2.00 bits per heavy atom. The molecular weight excluding hydrogens is 320 g/mol. The molecule has 1 aliphatic rings. The topological polar surface area (TPSA) is 47.0 Å². The van der Waals surface area contributed by atoms with Crippen molar-refractivity contribution in [2.24, 2.45) is 0 Å². The SMILES string of the molecule is COc1ccccc1-n1[nH]c(C2CCCC2)c(Br)c1=O. The van der Waals surface area contributed by atoms with Crippen molar-refractivity contribution >= 4 is 15.9 Å². The number of nitrogens with one attached hydrogen (secondary N) is 1. The summed E-state index contributed by atoms with van der Waals surface area (Å²) in [5.41, 5.74) is 1.69. The molecule has 1 aromatic carbocycles. The molecule has 4 nitrogen and oxygen atoms in total. The maximum absolute atomic E-state index is 12.4. The zero-order valence-corrected chi connectivity index (χ0v) is 12.9. The van der Waals surface area contributed by atoms with Crippen LogP contribution in [-0.4, -0.2) is 16.9 Å². The fourth-order valence-electron chi connectivity index (χ4n) is 2.90. The number of aromatic amines is 1. The van der Waals surface area contributed by atoms with Gasteiger partial charge in [-0.25, -0.2) is 4.68 Å². The van der Waals surface area contributed by atoms with E-state index >= 15 is 0 Å². The molecule has 0 aliphatic heterocycles. The molecule has 1 saturated carbocycles. The summed E-state index contributed by atoms with van der Waals surface area (Å²) in [7, 11) is 1.61. The summed E-state index contributed by atoms with van der Waals surface area (Å²) >= 11 is 3.45.